The highest BCUT2D eigenvalue weighted by molar-refractivity contribution is 5.64. The smallest absolute Gasteiger partial charge is 0.198 e. The average Bonchev–Trinajstić information content (AvgIpc) is 2.58. The largest absolute Gasteiger partial charge is 0.369 e. The number of aromatic nitrogens is 2. The van der Waals surface area contributed by atoms with E-state index in [4.69, 9.17) is 11.5 Å². The summed E-state index contributed by atoms with van der Waals surface area (Å²) in [4.78, 5) is 7.22. The SMILES string of the molecule is Cc1[nH]c(N)nc1-c1cccc(CN)c1. The molecule has 0 saturated heterocycles. The van der Waals surface area contributed by atoms with Crippen LogP contribution in [0, 0.1) is 6.92 Å². The van der Waals surface area contributed by atoms with Gasteiger partial charge in [0, 0.05) is 17.8 Å². The molecule has 0 saturated carbocycles. The Morgan fingerprint density at radius 1 is 1.40 bits per heavy atom. The molecule has 1 aromatic heterocycles. The van der Waals surface area contributed by atoms with Gasteiger partial charge < -0.3 is 16.5 Å². The van der Waals surface area contributed by atoms with Gasteiger partial charge in [-0.05, 0) is 18.6 Å². The van der Waals surface area contributed by atoms with E-state index < -0.39 is 0 Å². The lowest BCUT2D eigenvalue weighted by molar-refractivity contribution is 1.07. The van der Waals surface area contributed by atoms with Crippen molar-refractivity contribution in [3.8, 4) is 11.3 Å². The number of benzene rings is 1. The van der Waals surface area contributed by atoms with Gasteiger partial charge in [0.15, 0.2) is 5.95 Å². The summed E-state index contributed by atoms with van der Waals surface area (Å²) in [6.07, 6.45) is 0. The molecule has 0 aliphatic rings. The van der Waals surface area contributed by atoms with Crippen LogP contribution in [0.1, 0.15) is 11.3 Å². The van der Waals surface area contributed by atoms with Gasteiger partial charge >= 0.3 is 0 Å². The van der Waals surface area contributed by atoms with Crippen molar-refractivity contribution < 1.29 is 0 Å². The summed E-state index contributed by atoms with van der Waals surface area (Å²) in [5, 5.41) is 0. The predicted molar refractivity (Wildman–Crippen MR) is 61.1 cm³/mol. The van der Waals surface area contributed by atoms with Gasteiger partial charge in [-0.25, -0.2) is 4.98 Å². The fourth-order valence-electron chi connectivity index (χ4n) is 1.61. The minimum Gasteiger partial charge on any atom is -0.369 e. The third-order valence-electron chi connectivity index (χ3n) is 2.34. The molecule has 0 radical (unpaired) electrons. The monoisotopic (exact) mass is 202 g/mol. The molecule has 4 heteroatoms. The summed E-state index contributed by atoms with van der Waals surface area (Å²) in [7, 11) is 0. The molecule has 0 atom stereocenters. The van der Waals surface area contributed by atoms with E-state index in [2.05, 4.69) is 9.97 Å². The molecule has 1 aromatic carbocycles. The van der Waals surface area contributed by atoms with E-state index in [1.54, 1.807) is 0 Å². The molecule has 0 bridgehead atoms. The zero-order valence-electron chi connectivity index (χ0n) is 8.62. The van der Waals surface area contributed by atoms with Crippen LogP contribution in [0.25, 0.3) is 11.3 Å². The number of anilines is 1. The minimum atomic E-state index is 0.445. The molecular formula is C11H14N4. The van der Waals surface area contributed by atoms with Crippen LogP contribution in [0.15, 0.2) is 24.3 Å². The molecule has 15 heavy (non-hydrogen) atoms. The van der Waals surface area contributed by atoms with Crippen LogP contribution in [-0.4, -0.2) is 9.97 Å². The van der Waals surface area contributed by atoms with Crippen LogP contribution in [0.2, 0.25) is 0 Å². The summed E-state index contributed by atoms with van der Waals surface area (Å²) in [6, 6.07) is 8.00. The van der Waals surface area contributed by atoms with Gasteiger partial charge in [0.25, 0.3) is 0 Å². The number of aromatic amines is 1. The van der Waals surface area contributed by atoms with Gasteiger partial charge in [0.1, 0.15) is 0 Å². The number of hydrogen-bond donors (Lipinski definition) is 3. The number of imidazole rings is 1. The van der Waals surface area contributed by atoms with E-state index in [-0.39, 0.29) is 0 Å². The van der Waals surface area contributed by atoms with Crippen molar-refractivity contribution in [3.63, 3.8) is 0 Å². The Morgan fingerprint density at radius 2 is 2.20 bits per heavy atom. The first-order chi connectivity index (χ1) is 7.20. The van der Waals surface area contributed by atoms with E-state index in [1.165, 1.54) is 0 Å². The topological polar surface area (TPSA) is 80.7 Å². The van der Waals surface area contributed by atoms with Gasteiger partial charge in [-0.3, -0.25) is 0 Å². The van der Waals surface area contributed by atoms with E-state index in [1.807, 2.05) is 31.2 Å². The normalized spacial score (nSPS) is 10.5. The summed E-state index contributed by atoms with van der Waals surface area (Å²) in [5.41, 5.74) is 15.2. The number of nitrogens with two attached hydrogens (primary N) is 2. The Hall–Kier alpha value is -1.81. The van der Waals surface area contributed by atoms with Crippen LogP contribution in [-0.2, 0) is 6.54 Å². The lowest BCUT2D eigenvalue weighted by Crippen LogP contribution is -1.96. The van der Waals surface area contributed by atoms with Crippen LogP contribution in [0.3, 0.4) is 0 Å². The Morgan fingerprint density at radius 3 is 2.80 bits per heavy atom. The number of nitrogens with one attached hydrogen (secondary N) is 1. The molecule has 0 fully saturated rings. The van der Waals surface area contributed by atoms with Gasteiger partial charge in [0.05, 0.1) is 5.69 Å². The molecule has 0 unspecified atom stereocenters. The van der Waals surface area contributed by atoms with Gasteiger partial charge in [-0.15, -0.1) is 0 Å². The quantitative estimate of drug-likeness (QED) is 0.689. The summed E-state index contributed by atoms with van der Waals surface area (Å²) >= 11 is 0. The number of nitrogens with zero attached hydrogens (tertiary/aromatic N) is 1. The first-order valence-corrected chi connectivity index (χ1v) is 4.82. The zero-order chi connectivity index (χ0) is 10.8. The zero-order valence-corrected chi connectivity index (χ0v) is 8.62. The fourth-order valence-corrected chi connectivity index (χ4v) is 1.61. The highest BCUT2D eigenvalue weighted by atomic mass is 15.0. The van der Waals surface area contributed by atoms with Gasteiger partial charge in [0.2, 0.25) is 0 Å². The number of aryl methyl sites for hydroxylation is 1. The van der Waals surface area contributed by atoms with Crippen molar-refractivity contribution in [2.75, 3.05) is 5.73 Å². The second-order valence-electron chi connectivity index (χ2n) is 3.50. The Kier molecular flexibility index (Phi) is 2.43. The van der Waals surface area contributed by atoms with Crippen LogP contribution >= 0.6 is 0 Å². The second kappa shape index (κ2) is 3.74. The lowest BCUT2D eigenvalue weighted by Gasteiger charge is -2.01. The van der Waals surface area contributed by atoms with E-state index in [0.29, 0.717) is 12.5 Å². The fraction of sp³-hybridized carbons (Fsp3) is 0.182. The van der Waals surface area contributed by atoms with Crippen molar-refractivity contribution in [2.24, 2.45) is 5.73 Å². The molecule has 2 aromatic rings. The lowest BCUT2D eigenvalue weighted by atomic mass is 10.1. The molecule has 0 amide bonds. The summed E-state index contributed by atoms with van der Waals surface area (Å²) in [6.45, 7) is 2.49. The van der Waals surface area contributed by atoms with Crippen molar-refractivity contribution in [1.29, 1.82) is 0 Å². The molecule has 5 N–H and O–H groups in total. The first-order valence-electron chi connectivity index (χ1n) is 4.82. The maximum Gasteiger partial charge on any atom is 0.198 e. The number of H-pyrrole nitrogens is 1. The van der Waals surface area contributed by atoms with E-state index in [9.17, 15) is 0 Å². The van der Waals surface area contributed by atoms with Crippen LogP contribution in [0.5, 0.6) is 0 Å². The van der Waals surface area contributed by atoms with Crippen LogP contribution in [0.4, 0.5) is 5.95 Å². The Balaban J connectivity index is 2.49. The molecular weight excluding hydrogens is 188 g/mol. The molecule has 4 nitrogen and oxygen atoms in total. The molecule has 2 rings (SSSR count). The molecule has 0 aliphatic carbocycles. The summed E-state index contributed by atoms with van der Waals surface area (Å²) < 4.78 is 0. The maximum absolute atomic E-state index is 5.60. The minimum absolute atomic E-state index is 0.445. The van der Waals surface area contributed by atoms with E-state index >= 15 is 0 Å². The summed E-state index contributed by atoms with van der Waals surface area (Å²) in [5.74, 6) is 0.445. The molecule has 0 aliphatic heterocycles. The Bertz CT molecular complexity index is 473. The predicted octanol–water partition coefficient (Wildman–Crippen LogP) is 1.43. The molecule has 78 valence electrons. The van der Waals surface area contributed by atoms with Gasteiger partial charge in [-0.1, -0.05) is 18.2 Å². The maximum atomic E-state index is 5.60. The highest BCUT2D eigenvalue weighted by Gasteiger charge is 2.07. The highest BCUT2D eigenvalue weighted by Crippen LogP contribution is 2.22. The van der Waals surface area contributed by atoms with Crippen molar-refractivity contribution >= 4 is 5.95 Å². The standard InChI is InChI=1S/C11H14N4/c1-7-10(15-11(13)14-7)9-4-2-3-8(5-9)6-12/h2-5H,6,12H2,1H3,(H3,13,14,15). The van der Waals surface area contributed by atoms with Crippen molar-refractivity contribution in [1.82, 2.24) is 9.97 Å². The molecule has 0 spiro atoms. The van der Waals surface area contributed by atoms with Crippen molar-refractivity contribution in [2.45, 2.75) is 13.5 Å². The third kappa shape index (κ3) is 1.85. The number of hydrogen-bond acceptors (Lipinski definition) is 3. The van der Waals surface area contributed by atoms with Crippen LogP contribution < -0.4 is 11.5 Å². The van der Waals surface area contributed by atoms with E-state index in [0.717, 1.165) is 22.5 Å². The third-order valence-corrected chi connectivity index (χ3v) is 2.34. The Labute approximate surface area is 88.3 Å². The first kappa shape index (κ1) is 9.73. The number of rotatable bonds is 2. The van der Waals surface area contributed by atoms with Crippen molar-refractivity contribution in [3.05, 3.63) is 35.5 Å². The second-order valence-corrected chi connectivity index (χ2v) is 3.50. The average molecular weight is 202 g/mol. The van der Waals surface area contributed by atoms with Gasteiger partial charge in [-0.2, -0.15) is 0 Å². The number of nitrogen functional groups attached to an aromatic ring is 1. The molecule has 1 heterocycles.